The third-order valence-electron chi connectivity index (χ3n) is 12.7. The average molecular weight is 719 g/mol. The van der Waals surface area contributed by atoms with Gasteiger partial charge in [-0.2, -0.15) is 0 Å². The van der Waals surface area contributed by atoms with E-state index in [1.165, 1.54) is 134 Å². The van der Waals surface area contributed by atoms with Crippen LogP contribution in [-0.4, -0.2) is 9.52 Å². The quantitative estimate of drug-likeness (QED) is 0.0630. The first-order chi connectivity index (χ1) is 26.0. The van der Waals surface area contributed by atoms with Crippen LogP contribution in [-0.2, 0) is 0 Å². The van der Waals surface area contributed by atoms with E-state index in [4.69, 9.17) is 0 Å². The molecule has 4 aromatic rings. The standard InChI is InChI=1S/C52H66Si/c1-7-11-13-15-19-43-33-49-45(41-29-25-39(26-30-41)37(5)9-3)21-17-23-47(49)51(43)35-53-36-52-44(20-16-14-12-8-2)34-50-46(22-18-24-48(50)52)42-31-27-40(28-32-42)38(6)10-4/h17-18,21-34,37-38,51-52H,7-16,19-20,35-36H2,1-6H3. The molecule has 2 aliphatic rings. The van der Waals surface area contributed by atoms with Gasteiger partial charge in [0.05, 0.1) is 0 Å². The molecule has 4 aromatic carbocycles. The number of hydrogen-bond donors (Lipinski definition) is 0. The van der Waals surface area contributed by atoms with Gasteiger partial charge in [-0.25, -0.2) is 0 Å². The predicted molar refractivity (Wildman–Crippen MR) is 235 cm³/mol. The van der Waals surface area contributed by atoms with Crippen molar-refractivity contribution in [2.75, 3.05) is 0 Å². The summed E-state index contributed by atoms with van der Waals surface area (Å²) in [6.45, 7) is 13.9. The fraction of sp³-hybridized carbons (Fsp3) is 0.462. The number of hydrogen-bond acceptors (Lipinski definition) is 0. The molecule has 0 saturated carbocycles. The molecule has 0 aliphatic heterocycles. The molecule has 278 valence electrons. The molecule has 0 amide bonds. The lowest BCUT2D eigenvalue weighted by molar-refractivity contribution is 0.648. The van der Waals surface area contributed by atoms with E-state index in [1.54, 1.807) is 22.3 Å². The lowest BCUT2D eigenvalue weighted by Gasteiger charge is -2.21. The third kappa shape index (κ3) is 9.28. The average Bonchev–Trinajstić information content (AvgIpc) is 3.75. The van der Waals surface area contributed by atoms with Crippen molar-refractivity contribution >= 4 is 21.7 Å². The first-order valence-corrected chi connectivity index (χ1v) is 23.0. The van der Waals surface area contributed by atoms with Crippen molar-refractivity contribution in [1.82, 2.24) is 0 Å². The molecule has 2 aliphatic carbocycles. The smallest absolute Gasteiger partial charge is 0.0397 e. The van der Waals surface area contributed by atoms with E-state index in [9.17, 15) is 0 Å². The molecule has 0 spiro atoms. The Balaban J connectivity index is 1.24. The molecular weight excluding hydrogens is 653 g/mol. The van der Waals surface area contributed by atoms with Gasteiger partial charge in [0.1, 0.15) is 0 Å². The van der Waals surface area contributed by atoms with Crippen LogP contribution in [0.25, 0.3) is 34.4 Å². The van der Waals surface area contributed by atoms with Crippen molar-refractivity contribution in [1.29, 1.82) is 0 Å². The van der Waals surface area contributed by atoms with Gasteiger partial charge in [-0.05, 0) is 106 Å². The molecule has 4 atom stereocenters. The van der Waals surface area contributed by atoms with Gasteiger partial charge in [0.2, 0.25) is 0 Å². The van der Waals surface area contributed by atoms with E-state index in [1.807, 2.05) is 0 Å². The van der Waals surface area contributed by atoms with Crippen LogP contribution >= 0.6 is 0 Å². The predicted octanol–water partition coefficient (Wildman–Crippen LogP) is 16.2. The molecule has 0 saturated heterocycles. The van der Waals surface area contributed by atoms with E-state index in [0.29, 0.717) is 23.7 Å². The molecule has 6 rings (SSSR count). The first-order valence-electron chi connectivity index (χ1n) is 21.5. The lowest BCUT2D eigenvalue weighted by Crippen LogP contribution is -2.08. The summed E-state index contributed by atoms with van der Waals surface area (Å²) in [6.07, 6.45) is 20.7. The van der Waals surface area contributed by atoms with Crippen LogP contribution < -0.4 is 0 Å². The minimum atomic E-state index is 0.553. The normalized spacial score (nSPS) is 17.3. The summed E-state index contributed by atoms with van der Waals surface area (Å²) in [5, 5.41) is 0. The lowest BCUT2D eigenvalue weighted by atomic mass is 9.90. The summed E-state index contributed by atoms with van der Waals surface area (Å²) in [6, 6.07) is 35.8. The highest BCUT2D eigenvalue weighted by molar-refractivity contribution is 6.36. The van der Waals surface area contributed by atoms with Crippen molar-refractivity contribution in [3.63, 3.8) is 0 Å². The highest BCUT2D eigenvalue weighted by Crippen LogP contribution is 2.48. The minimum Gasteiger partial charge on any atom is -0.0654 e. The molecule has 53 heavy (non-hydrogen) atoms. The molecule has 0 fully saturated rings. The molecule has 2 radical (unpaired) electrons. The van der Waals surface area contributed by atoms with Crippen LogP contribution in [0.4, 0.5) is 0 Å². The maximum Gasteiger partial charge on any atom is 0.0397 e. The summed E-state index contributed by atoms with van der Waals surface area (Å²) < 4.78 is 0. The van der Waals surface area contributed by atoms with Gasteiger partial charge in [-0.3, -0.25) is 0 Å². The van der Waals surface area contributed by atoms with Crippen LogP contribution in [0.5, 0.6) is 0 Å². The number of benzene rings is 4. The van der Waals surface area contributed by atoms with E-state index in [2.05, 4.69) is 139 Å². The maximum atomic E-state index is 2.62. The monoisotopic (exact) mass is 718 g/mol. The number of allylic oxidation sites excluding steroid dienone is 2. The highest BCUT2D eigenvalue weighted by Gasteiger charge is 2.30. The first kappa shape index (κ1) is 39.3. The van der Waals surface area contributed by atoms with Crippen LogP contribution in [0.3, 0.4) is 0 Å². The van der Waals surface area contributed by atoms with Gasteiger partial charge in [-0.1, -0.05) is 200 Å². The summed E-state index contributed by atoms with van der Waals surface area (Å²) >= 11 is 0. The number of fused-ring (bicyclic) bond motifs is 2. The Morgan fingerprint density at radius 1 is 0.491 bits per heavy atom. The largest absolute Gasteiger partial charge is 0.0654 e. The van der Waals surface area contributed by atoms with Gasteiger partial charge in [0.15, 0.2) is 0 Å². The molecule has 0 heterocycles. The van der Waals surface area contributed by atoms with E-state index in [-0.39, 0.29) is 0 Å². The molecule has 1 heteroatoms. The fourth-order valence-corrected chi connectivity index (χ4v) is 10.6. The highest BCUT2D eigenvalue weighted by atomic mass is 28.2. The Kier molecular flexibility index (Phi) is 14.3. The van der Waals surface area contributed by atoms with E-state index in [0.717, 1.165) is 9.52 Å². The molecule has 0 nitrogen and oxygen atoms in total. The second-order valence-corrected chi connectivity index (χ2v) is 17.6. The van der Waals surface area contributed by atoms with E-state index >= 15 is 0 Å². The zero-order valence-corrected chi connectivity index (χ0v) is 34.9. The summed E-state index contributed by atoms with van der Waals surface area (Å²) in [7, 11) is 0.942. The van der Waals surface area contributed by atoms with Gasteiger partial charge < -0.3 is 0 Å². The fourth-order valence-electron chi connectivity index (χ4n) is 8.88. The number of unbranched alkanes of at least 4 members (excludes halogenated alkanes) is 6. The van der Waals surface area contributed by atoms with Crippen LogP contribution in [0.1, 0.15) is 176 Å². The second kappa shape index (κ2) is 19.3. The van der Waals surface area contributed by atoms with Gasteiger partial charge >= 0.3 is 0 Å². The van der Waals surface area contributed by atoms with Gasteiger partial charge in [-0.15, -0.1) is 0 Å². The Hall–Kier alpha value is -3.42. The van der Waals surface area contributed by atoms with Crippen LogP contribution in [0.2, 0.25) is 12.1 Å². The molecular formula is C52H66Si. The summed E-state index contributed by atoms with van der Waals surface area (Å²) in [5.74, 6) is 2.32. The van der Waals surface area contributed by atoms with Crippen molar-refractivity contribution in [2.45, 2.75) is 154 Å². The number of rotatable bonds is 20. The second-order valence-electron chi connectivity index (χ2n) is 16.3. The SMILES string of the molecule is CCCCCCC1=Cc2c(-c3ccc(C(C)CC)cc3)cccc2C1C[Si]CC1C(CCCCCC)=Cc2c(-c3ccc(C(C)CC)cc3)cccc21. The summed E-state index contributed by atoms with van der Waals surface area (Å²) in [4.78, 5) is 0. The van der Waals surface area contributed by atoms with Gasteiger partial charge in [0.25, 0.3) is 0 Å². The van der Waals surface area contributed by atoms with Crippen molar-refractivity contribution in [2.24, 2.45) is 0 Å². The Labute approximate surface area is 326 Å². The van der Waals surface area contributed by atoms with Crippen LogP contribution in [0, 0.1) is 0 Å². The Bertz CT molecular complexity index is 1690. The Morgan fingerprint density at radius 3 is 1.28 bits per heavy atom. The molecule has 0 bridgehead atoms. The van der Waals surface area contributed by atoms with Crippen molar-refractivity contribution < 1.29 is 0 Å². The summed E-state index contributed by atoms with van der Waals surface area (Å²) in [5.41, 5.74) is 18.0. The van der Waals surface area contributed by atoms with E-state index < -0.39 is 0 Å². The van der Waals surface area contributed by atoms with Crippen LogP contribution in [0.15, 0.2) is 96.1 Å². The Morgan fingerprint density at radius 2 is 0.906 bits per heavy atom. The third-order valence-corrected chi connectivity index (χ3v) is 14.1. The topological polar surface area (TPSA) is 0 Å². The minimum absolute atomic E-state index is 0.553. The maximum absolute atomic E-state index is 2.62. The van der Waals surface area contributed by atoms with Crippen molar-refractivity contribution in [3.05, 3.63) is 129 Å². The molecule has 0 aromatic heterocycles. The zero-order chi connectivity index (χ0) is 37.2. The van der Waals surface area contributed by atoms with Crippen molar-refractivity contribution in [3.8, 4) is 22.3 Å². The van der Waals surface area contributed by atoms with Gasteiger partial charge in [0, 0.05) is 21.4 Å². The molecule has 4 unspecified atom stereocenters. The molecule has 0 N–H and O–H groups in total. The zero-order valence-electron chi connectivity index (χ0n) is 33.9.